The highest BCUT2D eigenvalue weighted by atomic mass is 35.5. The molecule has 0 aromatic heterocycles. The average molecular weight is 343 g/mol. The van der Waals surface area contributed by atoms with Gasteiger partial charge in [0.25, 0.3) is 0 Å². The SMILES string of the molecule is OCCNCc1c(OCc2ccccc2)ccc2ccccc12.[Cl-]. The largest absolute Gasteiger partial charge is 1.00 e. The van der Waals surface area contributed by atoms with Gasteiger partial charge in [-0.05, 0) is 22.4 Å². The second kappa shape index (κ2) is 9.28. The van der Waals surface area contributed by atoms with Crippen LogP contribution in [0.4, 0.5) is 0 Å². The van der Waals surface area contributed by atoms with Gasteiger partial charge in [0.2, 0.25) is 0 Å². The molecule has 0 fully saturated rings. The van der Waals surface area contributed by atoms with Crippen molar-refractivity contribution in [2.75, 3.05) is 13.2 Å². The van der Waals surface area contributed by atoms with Crippen LogP contribution in [0.2, 0.25) is 0 Å². The van der Waals surface area contributed by atoms with Crippen molar-refractivity contribution >= 4 is 10.8 Å². The predicted molar refractivity (Wildman–Crippen MR) is 93.5 cm³/mol. The topological polar surface area (TPSA) is 41.5 Å². The Balaban J connectivity index is 0.00000208. The molecule has 0 saturated heterocycles. The van der Waals surface area contributed by atoms with Gasteiger partial charge in [0, 0.05) is 18.7 Å². The van der Waals surface area contributed by atoms with Crippen molar-refractivity contribution in [1.82, 2.24) is 5.32 Å². The highest BCUT2D eigenvalue weighted by molar-refractivity contribution is 5.87. The van der Waals surface area contributed by atoms with Gasteiger partial charge in [-0.3, -0.25) is 0 Å². The molecule has 0 spiro atoms. The fourth-order valence-electron chi connectivity index (χ4n) is 2.66. The maximum Gasteiger partial charge on any atom is 0.124 e. The van der Waals surface area contributed by atoms with Crippen LogP contribution in [0, 0.1) is 0 Å². The number of hydrogen-bond donors (Lipinski definition) is 2. The zero-order valence-electron chi connectivity index (χ0n) is 13.4. The summed E-state index contributed by atoms with van der Waals surface area (Å²) in [6.07, 6.45) is 0. The molecular formula is C20H21ClNO2-. The molecule has 0 amide bonds. The number of fused-ring (bicyclic) bond motifs is 1. The number of halogens is 1. The second-order valence-corrected chi connectivity index (χ2v) is 5.44. The minimum Gasteiger partial charge on any atom is -1.00 e. The summed E-state index contributed by atoms with van der Waals surface area (Å²) in [5.74, 6) is 0.887. The maximum absolute atomic E-state index is 8.99. The molecule has 0 aliphatic rings. The molecule has 0 heterocycles. The van der Waals surface area contributed by atoms with Crippen molar-refractivity contribution in [3.8, 4) is 5.75 Å². The van der Waals surface area contributed by atoms with Gasteiger partial charge in [0.15, 0.2) is 0 Å². The first-order chi connectivity index (χ1) is 11.4. The van der Waals surface area contributed by atoms with Crippen LogP contribution in [0.3, 0.4) is 0 Å². The lowest BCUT2D eigenvalue weighted by molar-refractivity contribution is -0.00000595. The Morgan fingerprint density at radius 1 is 0.875 bits per heavy atom. The Hall–Kier alpha value is -2.07. The fourth-order valence-corrected chi connectivity index (χ4v) is 2.66. The lowest BCUT2D eigenvalue weighted by Crippen LogP contribution is -3.00. The Morgan fingerprint density at radius 2 is 1.62 bits per heavy atom. The third kappa shape index (κ3) is 4.48. The Bertz CT molecular complexity index is 762. The van der Waals surface area contributed by atoms with E-state index in [1.54, 1.807) is 0 Å². The third-order valence-electron chi connectivity index (χ3n) is 3.83. The van der Waals surface area contributed by atoms with Crippen molar-refractivity contribution in [3.05, 3.63) is 77.9 Å². The van der Waals surface area contributed by atoms with Crippen LogP contribution in [0.5, 0.6) is 5.75 Å². The van der Waals surface area contributed by atoms with Gasteiger partial charge < -0.3 is 27.6 Å². The first-order valence-electron chi connectivity index (χ1n) is 7.87. The number of hydrogen-bond acceptors (Lipinski definition) is 3. The molecule has 3 rings (SSSR count). The van der Waals surface area contributed by atoms with Crippen molar-refractivity contribution < 1.29 is 22.3 Å². The summed E-state index contributed by atoms with van der Waals surface area (Å²) in [5.41, 5.74) is 2.28. The molecule has 0 aliphatic carbocycles. The number of ether oxygens (including phenoxy) is 1. The molecule has 0 atom stereocenters. The second-order valence-electron chi connectivity index (χ2n) is 5.44. The first kappa shape index (κ1) is 18.3. The predicted octanol–water partition coefficient (Wildman–Crippen LogP) is 0.505. The van der Waals surface area contributed by atoms with Gasteiger partial charge in [-0.1, -0.05) is 60.7 Å². The van der Waals surface area contributed by atoms with E-state index in [2.05, 4.69) is 35.6 Å². The van der Waals surface area contributed by atoms with Crippen LogP contribution in [0.25, 0.3) is 10.8 Å². The first-order valence-corrected chi connectivity index (χ1v) is 7.87. The molecule has 0 radical (unpaired) electrons. The van der Waals surface area contributed by atoms with Crippen molar-refractivity contribution in [2.45, 2.75) is 13.2 Å². The van der Waals surface area contributed by atoms with Crippen LogP contribution in [0.15, 0.2) is 66.7 Å². The molecular weight excluding hydrogens is 322 g/mol. The van der Waals surface area contributed by atoms with E-state index in [1.165, 1.54) is 10.8 Å². The number of nitrogens with one attached hydrogen (secondary N) is 1. The number of aliphatic hydroxyl groups excluding tert-OH is 1. The molecule has 4 heteroatoms. The molecule has 126 valence electrons. The normalized spacial score (nSPS) is 10.4. The molecule has 2 N–H and O–H groups in total. The fraction of sp³-hybridized carbons (Fsp3) is 0.200. The van der Waals surface area contributed by atoms with Gasteiger partial charge in [0.05, 0.1) is 6.61 Å². The Labute approximate surface area is 148 Å². The van der Waals surface area contributed by atoms with Crippen LogP contribution in [-0.2, 0) is 13.2 Å². The zero-order valence-corrected chi connectivity index (χ0v) is 14.2. The molecule has 0 bridgehead atoms. The summed E-state index contributed by atoms with van der Waals surface area (Å²) < 4.78 is 6.06. The highest BCUT2D eigenvalue weighted by Gasteiger charge is 2.09. The van der Waals surface area contributed by atoms with E-state index in [4.69, 9.17) is 9.84 Å². The van der Waals surface area contributed by atoms with Crippen LogP contribution >= 0.6 is 0 Å². The van der Waals surface area contributed by atoms with E-state index in [9.17, 15) is 0 Å². The van der Waals surface area contributed by atoms with E-state index >= 15 is 0 Å². The zero-order chi connectivity index (χ0) is 15.9. The maximum atomic E-state index is 8.99. The number of aliphatic hydroxyl groups is 1. The monoisotopic (exact) mass is 342 g/mol. The van der Waals surface area contributed by atoms with E-state index in [0.29, 0.717) is 19.7 Å². The Morgan fingerprint density at radius 3 is 2.42 bits per heavy atom. The van der Waals surface area contributed by atoms with Gasteiger partial charge >= 0.3 is 0 Å². The summed E-state index contributed by atoms with van der Waals surface area (Å²) >= 11 is 0. The third-order valence-corrected chi connectivity index (χ3v) is 3.83. The van der Waals surface area contributed by atoms with Crippen molar-refractivity contribution in [2.24, 2.45) is 0 Å². The summed E-state index contributed by atoms with van der Waals surface area (Å²) in [4.78, 5) is 0. The number of benzene rings is 3. The van der Waals surface area contributed by atoms with Gasteiger partial charge in [-0.25, -0.2) is 0 Å². The minimum absolute atomic E-state index is 0. The molecule has 24 heavy (non-hydrogen) atoms. The Kier molecular flexibility index (Phi) is 7.07. The summed E-state index contributed by atoms with van der Waals surface area (Å²) in [5, 5.41) is 14.6. The van der Waals surface area contributed by atoms with Crippen LogP contribution in [-0.4, -0.2) is 18.3 Å². The van der Waals surface area contributed by atoms with E-state index in [0.717, 1.165) is 16.9 Å². The van der Waals surface area contributed by atoms with Crippen molar-refractivity contribution in [3.63, 3.8) is 0 Å². The van der Waals surface area contributed by atoms with Crippen LogP contribution < -0.4 is 22.5 Å². The summed E-state index contributed by atoms with van der Waals surface area (Å²) in [6.45, 7) is 1.92. The minimum atomic E-state index is 0. The lowest BCUT2D eigenvalue weighted by Gasteiger charge is -2.15. The summed E-state index contributed by atoms with van der Waals surface area (Å²) in [7, 11) is 0. The summed E-state index contributed by atoms with van der Waals surface area (Å²) in [6, 6.07) is 22.6. The van der Waals surface area contributed by atoms with Crippen LogP contribution in [0.1, 0.15) is 11.1 Å². The molecule has 3 nitrogen and oxygen atoms in total. The van der Waals surface area contributed by atoms with E-state index < -0.39 is 0 Å². The van der Waals surface area contributed by atoms with Gasteiger partial charge in [-0.15, -0.1) is 0 Å². The molecule has 0 aliphatic heterocycles. The van der Waals surface area contributed by atoms with Crippen molar-refractivity contribution in [1.29, 1.82) is 0 Å². The molecule has 3 aromatic carbocycles. The lowest BCUT2D eigenvalue weighted by atomic mass is 10.0. The smallest absolute Gasteiger partial charge is 0.124 e. The quantitative estimate of drug-likeness (QED) is 0.615. The molecule has 0 saturated carbocycles. The average Bonchev–Trinajstić information content (AvgIpc) is 2.62. The molecule has 3 aromatic rings. The number of rotatable bonds is 7. The van der Waals surface area contributed by atoms with E-state index in [1.807, 2.05) is 36.4 Å². The van der Waals surface area contributed by atoms with Gasteiger partial charge in [0.1, 0.15) is 12.4 Å². The van der Waals surface area contributed by atoms with Gasteiger partial charge in [-0.2, -0.15) is 0 Å². The highest BCUT2D eigenvalue weighted by Crippen LogP contribution is 2.28. The standard InChI is InChI=1S/C20H21NO2.ClH/c22-13-12-21-14-19-18-9-5-4-8-17(18)10-11-20(19)23-15-16-6-2-1-3-7-16;/h1-11,21-22H,12-15H2;1H/p-1. The molecule has 0 unspecified atom stereocenters. The van der Waals surface area contributed by atoms with E-state index in [-0.39, 0.29) is 19.0 Å².